The van der Waals surface area contributed by atoms with Crippen LogP contribution in [0.2, 0.25) is 0 Å². The van der Waals surface area contributed by atoms with E-state index in [1.54, 1.807) is 6.07 Å². The summed E-state index contributed by atoms with van der Waals surface area (Å²) < 4.78 is 33.6. The van der Waals surface area contributed by atoms with Gasteiger partial charge in [0.15, 0.2) is 11.6 Å². The summed E-state index contributed by atoms with van der Waals surface area (Å²) in [7, 11) is 1.37. The molecule has 0 saturated heterocycles. The second-order valence-corrected chi connectivity index (χ2v) is 8.69. The van der Waals surface area contributed by atoms with Gasteiger partial charge in [-0.05, 0) is 78.9 Å². The van der Waals surface area contributed by atoms with Crippen molar-refractivity contribution in [3.63, 3.8) is 0 Å². The Labute approximate surface area is 161 Å². The molecule has 27 heavy (non-hydrogen) atoms. The van der Waals surface area contributed by atoms with E-state index in [1.165, 1.54) is 64.0 Å². The maximum Gasteiger partial charge on any atom is 0.201 e. The summed E-state index contributed by atoms with van der Waals surface area (Å²) in [4.78, 5) is 0. The van der Waals surface area contributed by atoms with Gasteiger partial charge < -0.3 is 4.74 Å². The zero-order valence-electron chi connectivity index (χ0n) is 16.4. The zero-order chi connectivity index (χ0) is 19.0. The van der Waals surface area contributed by atoms with Gasteiger partial charge in [0, 0.05) is 5.39 Å². The molecule has 4 atom stereocenters. The van der Waals surface area contributed by atoms with Crippen LogP contribution in [0.5, 0.6) is 5.75 Å². The molecule has 146 valence electrons. The van der Waals surface area contributed by atoms with E-state index in [0.29, 0.717) is 16.7 Å². The monoisotopic (exact) mass is 372 g/mol. The summed E-state index contributed by atoms with van der Waals surface area (Å²) in [6.45, 7) is 2.29. The van der Waals surface area contributed by atoms with Gasteiger partial charge >= 0.3 is 0 Å². The Bertz CT molecular complexity index is 816. The van der Waals surface area contributed by atoms with Gasteiger partial charge in [0.25, 0.3) is 0 Å². The number of halogens is 2. The number of hydrogen-bond acceptors (Lipinski definition) is 1. The molecule has 0 radical (unpaired) electrons. The molecule has 0 spiro atoms. The van der Waals surface area contributed by atoms with Crippen molar-refractivity contribution in [1.82, 2.24) is 0 Å². The molecule has 2 aliphatic rings. The van der Waals surface area contributed by atoms with Crippen LogP contribution < -0.4 is 4.74 Å². The van der Waals surface area contributed by atoms with Crippen molar-refractivity contribution in [1.29, 1.82) is 0 Å². The number of ether oxygens (including phenoxy) is 1. The fraction of sp³-hybridized carbons (Fsp3) is 0.583. The standard InChI is InChI=1S/C24H30F2O/c1-3-4-15-5-6-17-12-18(8-7-16(17)11-15)19-9-10-20-14-22(27-2)24(26)23(25)21(20)13-19/h9-10,13-18H,3-8,11-12H2,1-2H3. The molecule has 4 rings (SSSR count). The molecule has 0 heterocycles. The first-order chi connectivity index (χ1) is 13.1. The normalized spacial score (nSPS) is 28.1. The summed E-state index contributed by atoms with van der Waals surface area (Å²) in [5.74, 6) is 1.39. The number of rotatable bonds is 4. The van der Waals surface area contributed by atoms with Crippen molar-refractivity contribution >= 4 is 10.8 Å². The Balaban J connectivity index is 1.54. The van der Waals surface area contributed by atoms with Gasteiger partial charge in [-0.15, -0.1) is 0 Å². The average Bonchev–Trinajstić information content (AvgIpc) is 2.70. The summed E-state index contributed by atoms with van der Waals surface area (Å²) in [6, 6.07) is 7.48. The van der Waals surface area contributed by atoms with Crippen molar-refractivity contribution in [3.05, 3.63) is 41.5 Å². The van der Waals surface area contributed by atoms with Gasteiger partial charge in [0.2, 0.25) is 5.82 Å². The number of methoxy groups -OCH3 is 1. The maximum atomic E-state index is 14.5. The van der Waals surface area contributed by atoms with Crippen LogP contribution in [-0.4, -0.2) is 7.11 Å². The number of hydrogen-bond donors (Lipinski definition) is 0. The molecule has 2 aliphatic carbocycles. The van der Waals surface area contributed by atoms with E-state index in [9.17, 15) is 8.78 Å². The largest absolute Gasteiger partial charge is 0.494 e. The predicted octanol–water partition coefficient (Wildman–Crippen LogP) is 7.23. The fourth-order valence-corrected chi connectivity index (χ4v) is 5.68. The number of benzene rings is 2. The third kappa shape index (κ3) is 3.58. The molecule has 3 heteroatoms. The summed E-state index contributed by atoms with van der Waals surface area (Å²) in [6.07, 6.45) is 10.5. The molecule has 2 fully saturated rings. The molecular weight excluding hydrogens is 342 g/mol. The van der Waals surface area contributed by atoms with Crippen LogP contribution in [0.3, 0.4) is 0 Å². The van der Waals surface area contributed by atoms with Crippen molar-refractivity contribution in [2.24, 2.45) is 17.8 Å². The quantitative estimate of drug-likeness (QED) is 0.550. The first kappa shape index (κ1) is 18.7. The molecule has 0 amide bonds. The SMILES string of the molecule is CCCC1CCC2CC(c3ccc4cc(OC)c(F)c(F)c4c3)CCC2C1. The van der Waals surface area contributed by atoms with E-state index in [1.807, 2.05) is 12.1 Å². The Morgan fingerprint density at radius 2 is 1.74 bits per heavy atom. The molecule has 0 aliphatic heterocycles. The fourth-order valence-electron chi connectivity index (χ4n) is 5.68. The second kappa shape index (κ2) is 7.77. The average molecular weight is 372 g/mol. The Hall–Kier alpha value is -1.64. The highest BCUT2D eigenvalue weighted by Crippen LogP contribution is 2.48. The third-order valence-corrected chi connectivity index (χ3v) is 7.12. The lowest BCUT2D eigenvalue weighted by molar-refractivity contribution is 0.114. The molecule has 2 aromatic rings. The smallest absolute Gasteiger partial charge is 0.201 e. The number of fused-ring (bicyclic) bond motifs is 2. The van der Waals surface area contributed by atoms with Crippen molar-refractivity contribution in [2.45, 2.75) is 64.2 Å². The van der Waals surface area contributed by atoms with Crippen LogP contribution in [0.25, 0.3) is 10.8 Å². The van der Waals surface area contributed by atoms with Crippen LogP contribution in [0, 0.1) is 29.4 Å². The van der Waals surface area contributed by atoms with Gasteiger partial charge in [-0.25, -0.2) is 4.39 Å². The summed E-state index contributed by atoms with van der Waals surface area (Å²) in [5.41, 5.74) is 1.17. The van der Waals surface area contributed by atoms with Crippen molar-refractivity contribution in [3.8, 4) is 5.75 Å². The van der Waals surface area contributed by atoms with Gasteiger partial charge in [-0.3, -0.25) is 0 Å². The highest BCUT2D eigenvalue weighted by Gasteiger charge is 2.35. The van der Waals surface area contributed by atoms with Gasteiger partial charge in [0.05, 0.1) is 7.11 Å². The minimum absolute atomic E-state index is 0.0305. The van der Waals surface area contributed by atoms with Crippen LogP contribution in [-0.2, 0) is 0 Å². The molecule has 1 nitrogen and oxygen atoms in total. The van der Waals surface area contributed by atoms with E-state index in [0.717, 1.165) is 17.8 Å². The van der Waals surface area contributed by atoms with Crippen LogP contribution in [0.15, 0.2) is 24.3 Å². The highest BCUT2D eigenvalue weighted by molar-refractivity contribution is 5.85. The zero-order valence-corrected chi connectivity index (χ0v) is 16.4. The van der Waals surface area contributed by atoms with Crippen LogP contribution >= 0.6 is 0 Å². The lowest BCUT2D eigenvalue weighted by Crippen LogP contribution is -2.30. The summed E-state index contributed by atoms with van der Waals surface area (Å²) in [5, 5.41) is 1.07. The topological polar surface area (TPSA) is 9.23 Å². The summed E-state index contributed by atoms with van der Waals surface area (Å²) >= 11 is 0. The minimum atomic E-state index is -0.889. The Morgan fingerprint density at radius 1 is 0.963 bits per heavy atom. The second-order valence-electron chi connectivity index (χ2n) is 8.69. The molecule has 0 N–H and O–H groups in total. The highest BCUT2D eigenvalue weighted by atomic mass is 19.2. The minimum Gasteiger partial charge on any atom is -0.494 e. The van der Waals surface area contributed by atoms with E-state index in [2.05, 4.69) is 13.0 Å². The van der Waals surface area contributed by atoms with Crippen LogP contribution in [0.4, 0.5) is 8.78 Å². The molecule has 2 aromatic carbocycles. The lowest BCUT2D eigenvalue weighted by atomic mass is 9.63. The Morgan fingerprint density at radius 3 is 2.52 bits per heavy atom. The van der Waals surface area contributed by atoms with E-state index < -0.39 is 11.6 Å². The van der Waals surface area contributed by atoms with Crippen molar-refractivity contribution in [2.75, 3.05) is 7.11 Å². The first-order valence-electron chi connectivity index (χ1n) is 10.6. The molecule has 0 aromatic heterocycles. The molecular formula is C24H30F2O. The Kier molecular flexibility index (Phi) is 5.39. The van der Waals surface area contributed by atoms with Gasteiger partial charge in [-0.1, -0.05) is 38.3 Å². The van der Waals surface area contributed by atoms with E-state index in [4.69, 9.17) is 4.74 Å². The van der Waals surface area contributed by atoms with E-state index >= 15 is 0 Å². The van der Waals surface area contributed by atoms with Gasteiger partial charge in [-0.2, -0.15) is 4.39 Å². The van der Waals surface area contributed by atoms with Crippen molar-refractivity contribution < 1.29 is 13.5 Å². The van der Waals surface area contributed by atoms with Gasteiger partial charge in [0.1, 0.15) is 0 Å². The predicted molar refractivity (Wildman–Crippen MR) is 106 cm³/mol. The first-order valence-corrected chi connectivity index (χ1v) is 10.6. The molecule has 4 unspecified atom stereocenters. The maximum absolute atomic E-state index is 14.5. The molecule has 0 bridgehead atoms. The lowest BCUT2D eigenvalue weighted by Gasteiger charge is -2.42. The third-order valence-electron chi connectivity index (χ3n) is 7.12. The molecule has 2 saturated carbocycles. The van der Waals surface area contributed by atoms with Crippen LogP contribution in [0.1, 0.15) is 69.8 Å². The van der Waals surface area contributed by atoms with E-state index in [-0.39, 0.29) is 5.75 Å².